The Kier molecular flexibility index (Phi) is 4.86. The number of hydrogen-bond donors (Lipinski definition) is 0. The average molecular weight is 426 g/mol. The van der Waals surface area contributed by atoms with Crippen LogP contribution in [0.2, 0.25) is 0 Å². The number of rotatable bonds is 3. The van der Waals surface area contributed by atoms with E-state index in [1.54, 1.807) is 0 Å². The SMILES string of the molecule is CC(C)(C)n1nnnc1C(c1ccc(Br)cc1)N1CCc2ccccc2C1. The first-order valence-corrected chi connectivity index (χ1v) is 10.1. The second-order valence-electron chi connectivity index (χ2n) is 8.06. The third-order valence-electron chi connectivity index (χ3n) is 5.08. The molecule has 0 fully saturated rings. The molecule has 1 aromatic heterocycles. The Morgan fingerprint density at radius 2 is 1.70 bits per heavy atom. The van der Waals surface area contributed by atoms with Gasteiger partial charge in [0.25, 0.3) is 0 Å². The summed E-state index contributed by atoms with van der Waals surface area (Å²) in [4.78, 5) is 2.49. The summed E-state index contributed by atoms with van der Waals surface area (Å²) in [6.07, 6.45) is 1.04. The minimum absolute atomic E-state index is 0.0145. The monoisotopic (exact) mass is 425 g/mol. The highest BCUT2D eigenvalue weighted by molar-refractivity contribution is 9.10. The summed E-state index contributed by atoms with van der Waals surface area (Å²) < 4.78 is 3.03. The highest BCUT2D eigenvalue weighted by atomic mass is 79.9. The second kappa shape index (κ2) is 7.17. The number of fused-ring (bicyclic) bond motifs is 1. The molecule has 140 valence electrons. The van der Waals surface area contributed by atoms with E-state index in [0.29, 0.717) is 0 Å². The molecule has 0 spiro atoms. The molecule has 0 amide bonds. The standard InChI is InChI=1S/C21H24BrN5/c1-21(2,3)27-20(23-24-25-27)19(16-8-10-18(22)11-9-16)26-13-12-15-6-4-5-7-17(15)14-26/h4-11,19H,12-14H2,1-3H3. The van der Waals surface area contributed by atoms with E-state index in [9.17, 15) is 0 Å². The molecule has 4 rings (SSSR count). The summed E-state index contributed by atoms with van der Waals surface area (Å²) in [5.41, 5.74) is 3.86. The Morgan fingerprint density at radius 1 is 1.00 bits per heavy atom. The van der Waals surface area contributed by atoms with Crippen LogP contribution in [0.1, 0.15) is 49.3 Å². The number of benzene rings is 2. The van der Waals surface area contributed by atoms with Gasteiger partial charge >= 0.3 is 0 Å². The van der Waals surface area contributed by atoms with E-state index >= 15 is 0 Å². The molecule has 0 saturated heterocycles. The summed E-state index contributed by atoms with van der Waals surface area (Å²) in [5, 5.41) is 12.8. The summed E-state index contributed by atoms with van der Waals surface area (Å²) in [7, 11) is 0. The van der Waals surface area contributed by atoms with Gasteiger partial charge in [-0.1, -0.05) is 52.3 Å². The van der Waals surface area contributed by atoms with E-state index in [1.807, 2.05) is 4.68 Å². The molecule has 0 radical (unpaired) electrons. The van der Waals surface area contributed by atoms with Crippen molar-refractivity contribution in [3.63, 3.8) is 0 Å². The molecule has 2 aromatic carbocycles. The molecule has 0 saturated carbocycles. The van der Waals surface area contributed by atoms with Gasteiger partial charge in [0.15, 0.2) is 5.82 Å². The maximum absolute atomic E-state index is 4.46. The largest absolute Gasteiger partial charge is 0.285 e. The molecule has 0 aliphatic carbocycles. The molecular formula is C21H24BrN5. The summed E-state index contributed by atoms with van der Waals surface area (Å²) >= 11 is 3.55. The van der Waals surface area contributed by atoms with E-state index in [-0.39, 0.29) is 11.6 Å². The Balaban J connectivity index is 1.78. The normalized spacial score (nSPS) is 16.1. The van der Waals surface area contributed by atoms with Crippen molar-refractivity contribution < 1.29 is 0 Å². The molecule has 5 nitrogen and oxygen atoms in total. The molecule has 27 heavy (non-hydrogen) atoms. The van der Waals surface area contributed by atoms with Crippen LogP contribution in [0.3, 0.4) is 0 Å². The van der Waals surface area contributed by atoms with Crippen LogP contribution >= 0.6 is 15.9 Å². The van der Waals surface area contributed by atoms with E-state index < -0.39 is 0 Å². The highest BCUT2D eigenvalue weighted by Crippen LogP contribution is 2.34. The number of hydrogen-bond acceptors (Lipinski definition) is 4. The van der Waals surface area contributed by atoms with Crippen molar-refractivity contribution in [1.82, 2.24) is 25.1 Å². The third-order valence-corrected chi connectivity index (χ3v) is 5.61. The third kappa shape index (κ3) is 3.69. The minimum Gasteiger partial charge on any atom is -0.285 e. The smallest absolute Gasteiger partial charge is 0.173 e. The zero-order chi connectivity index (χ0) is 19.0. The fourth-order valence-corrected chi connectivity index (χ4v) is 4.01. The predicted octanol–water partition coefficient (Wildman–Crippen LogP) is 4.34. The molecule has 1 aliphatic heterocycles. The van der Waals surface area contributed by atoms with Gasteiger partial charge in [-0.15, -0.1) is 5.10 Å². The van der Waals surface area contributed by atoms with Gasteiger partial charge in [0, 0.05) is 17.6 Å². The van der Waals surface area contributed by atoms with Crippen LogP contribution in [0.5, 0.6) is 0 Å². The van der Waals surface area contributed by atoms with Crippen molar-refractivity contribution in [2.45, 2.75) is 45.3 Å². The molecule has 3 aromatic rings. The van der Waals surface area contributed by atoms with Gasteiger partial charge < -0.3 is 0 Å². The lowest BCUT2D eigenvalue weighted by atomic mass is 9.95. The zero-order valence-corrected chi connectivity index (χ0v) is 17.5. The minimum atomic E-state index is -0.180. The van der Waals surface area contributed by atoms with Gasteiger partial charge in [-0.2, -0.15) is 0 Å². The number of nitrogens with zero attached hydrogens (tertiary/aromatic N) is 5. The number of halogens is 1. The van der Waals surface area contributed by atoms with Crippen molar-refractivity contribution in [1.29, 1.82) is 0 Å². The average Bonchev–Trinajstić information content (AvgIpc) is 3.13. The molecule has 0 bridgehead atoms. The van der Waals surface area contributed by atoms with Crippen LogP contribution in [0.15, 0.2) is 53.0 Å². The van der Waals surface area contributed by atoms with Gasteiger partial charge in [-0.25, -0.2) is 4.68 Å². The lowest BCUT2D eigenvalue weighted by Crippen LogP contribution is -2.38. The van der Waals surface area contributed by atoms with Crippen molar-refractivity contribution in [3.05, 3.63) is 75.5 Å². The van der Waals surface area contributed by atoms with Crippen LogP contribution in [0.4, 0.5) is 0 Å². The number of aromatic nitrogens is 4. The van der Waals surface area contributed by atoms with E-state index in [1.165, 1.54) is 16.7 Å². The summed E-state index contributed by atoms with van der Waals surface area (Å²) in [6, 6.07) is 17.2. The lowest BCUT2D eigenvalue weighted by Gasteiger charge is -2.36. The van der Waals surface area contributed by atoms with Crippen LogP contribution in [-0.2, 0) is 18.5 Å². The van der Waals surface area contributed by atoms with E-state index in [0.717, 1.165) is 29.8 Å². The van der Waals surface area contributed by atoms with Crippen LogP contribution in [0.25, 0.3) is 0 Å². The second-order valence-corrected chi connectivity index (χ2v) is 8.98. The van der Waals surface area contributed by atoms with Crippen LogP contribution in [0, 0.1) is 0 Å². The Labute approximate surface area is 168 Å². The summed E-state index contributed by atoms with van der Waals surface area (Å²) in [5.74, 6) is 0.893. The van der Waals surface area contributed by atoms with Gasteiger partial charge in [0.05, 0.1) is 11.6 Å². The molecule has 1 aliphatic rings. The topological polar surface area (TPSA) is 46.8 Å². The molecular weight excluding hydrogens is 402 g/mol. The molecule has 6 heteroatoms. The fraction of sp³-hybridized carbons (Fsp3) is 0.381. The van der Waals surface area contributed by atoms with Crippen molar-refractivity contribution >= 4 is 15.9 Å². The summed E-state index contributed by atoms with van der Waals surface area (Å²) in [6.45, 7) is 8.29. The molecule has 1 unspecified atom stereocenters. The lowest BCUT2D eigenvalue weighted by molar-refractivity contribution is 0.185. The molecule has 0 N–H and O–H groups in total. The first-order valence-electron chi connectivity index (χ1n) is 9.28. The van der Waals surface area contributed by atoms with E-state index in [4.69, 9.17) is 0 Å². The van der Waals surface area contributed by atoms with Gasteiger partial charge in [-0.05, 0) is 66.4 Å². The van der Waals surface area contributed by atoms with Gasteiger partial charge in [0.2, 0.25) is 0 Å². The van der Waals surface area contributed by atoms with Crippen molar-refractivity contribution in [3.8, 4) is 0 Å². The first-order chi connectivity index (χ1) is 12.9. The predicted molar refractivity (Wildman–Crippen MR) is 109 cm³/mol. The van der Waals surface area contributed by atoms with Crippen molar-refractivity contribution in [2.75, 3.05) is 6.54 Å². The van der Waals surface area contributed by atoms with Crippen LogP contribution in [-0.4, -0.2) is 31.7 Å². The van der Waals surface area contributed by atoms with Gasteiger partial charge in [0.1, 0.15) is 0 Å². The highest BCUT2D eigenvalue weighted by Gasteiger charge is 2.33. The molecule has 2 heterocycles. The maximum Gasteiger partial charge on any atom is 0.173 e. The van der Waals surface area contributed by atoms with E-state index in [2.05, 4.69) is 106 Å². The maximum atomic E-state index is 4.46. The van der Waals surface area contributed by atoms with Gasteiger partial charge in [-0.3, -0.25) is 4.90 Å². The Bertz CT molecular complexity index is 926. The van der Waals surface area contributed by atoms with Crippen molar-refractivity contribution in [2.24, 2.45) is 0 Å². The Hall–Kier alpha value is -2.05. The quantitative estimate of drug-likeness (QED) is 0.625. The fourth-order valence-electron chi connectivity index (χ4n) is 3.75. The number of tetrazole rings is 1. The molecule has 1 atom stereocenters. The zero-order valence-electron chi connectivity index (χ0n) is 15.9. The Morgan fingerprint density at radius 3 is 2.41 bits per heavy atom. The van der Waals surface area contributed by atoms with Crippen LogP contribution < -0.4 is 0 Å². The first kappa shape index (κ1) is 18.3.